The van der Waals surface area contributed by atoms with Crippen molar-refractivity contribution in [1.82, 2.24) is 0 Å². The second-order valence-corrected chi connectivity index (χ2v) is 13.0. The molecule has 2 aromatic carbocycles. The number of ether oxygens (including phenoxy) is 2. The second kappa shape index (κ2) is 14.1. The maximum absolute atomic E-state index is 12.4. The van der Waals surface area contributed by atoms with E-state index in [1.54, 1.807) is 24.3 Å². The molecule has 2 aromatic rings. The number of unbranched alkanes of at least 4 members (excludes halogenated alkanes) is 3. The van der Waals surface area contributed by atoms with Crippen LogP contribution in [-0.2, 0) is 38.7 Å². The van der Waals surface area contributed by atoms with Gasteiger partial charge in [-0.2, -0.15) is 0 Å². The molecule has 0 aliphatic rings. The highest BCUT2D eigenvalue weighted by molar-refractivity contribution is 7.92. The Morgan fingerprint density at radius 1 is 0.605 bits per heavy atom. The minimum Gasteiger partial charge on any atom is -0.462 e. The van der Waals surface area contributed by atoms with E-state index in [-0.39, 0.29) is 34.2 Å². The van der Waals surface area contributed by atoms with Crippen LogP contribution in [0.1, 0.15) is 36.8 Å². The van der Waals surface area contributed by atoms with E-state index in [2.05, 4.69) is 13.2 Å². The summed E-state index contributed by atoms with van der Waals surface area (Å²) >= 11 is 0. The number of rotatable bonds is 15. The zero-order chi connectivity index (χ0) is 28.3. The number of carbonyl (C=O) groups is 2. The molecule has 0 aromatic heterocycles. The van der Waals surface area contributed by atoms with E-state index < -0.39 is 43.1 Å². The molecular formula is C28H34O8S2. The predicted octanol–water partition coefficient (Wildman–Crippen LogP) is 4.31. The van der Waals surface area contributed by atoms with Crippen molar-refractivity contribution < 1.29 is 35.9 Å². The Bertz CT molecular complexity index is 1250. The first-order valence-electron chi connectivity index (χ1n) is 12.1. The number of carbonyl (C=O) groups excluding carboxylic acids is 2. The fourth-order valence-corrected chi connectivity index (χ4v) is 5.91. The van der Waals surface area contributed by atoms with Gasteiger partial charge in [-0.15, -0.1) is 0 Å². The normalized spacial score (nSPS) is 11.5. The van der Waals surface area contributed by atoms with Crippen molar-refractivity contribution in [3.05, 3.63) is 84.0 Å². The van der Waals surface area contributed by atoms with E-state index in [4.69, 9.17) is 9.47 Å². The minimum atomic E-state index is -3.69. The number of hydrogen-bond acceptors (Lipinski definition) is 8. The third-order valence-electron chi connectivity index (χ3n) is 5.57. The first kappa shape index (κ1) is 31.0. The fraction of sp³-hybridized carbons (Fsp3) is 0.357. The monoisotopic (exact) mass is 562 g/mol. The van der Waals surface area contributed by atoms with Crippen molar-refractivity contribution in [2.45, 2.75) is 49.3 Å². The quantitative estimate of drug-likeness (QED) is 0.179. The van der Waals surface area contributed by atoms with Gasteiger partial charge in [0, 0.05) is 11.1 Å². The molecule has 0 radical (unpaired) electrons. The van der Waals surface area contributed by atoms with E-state index in [0.29, 0.717) is 25.7 Å². The van der Waals surface area contributed by atoms with Crippen LogP contribution in [0.25, 0.3) is 0 Å². The molecule has 0 unspecified atom stereocenters. The lowest BCUT2D eigenvalue weighted by molar-refractivity contribution is -0.140. The molecule has 0 bridgehead atoms. The van der Waals surface area contributed by atoms with Crippen molar-refractivity contribution in [2.24, 2.45) is 0 Å². The smallest absolute Gasteiger partial charge is 0.334 e. The van der Waals surface area contributed by atoms with Crippen LogP contribution < -0.4 is 0 Å². The number of esters is 2. The standard InChI is InChI=1S/C28H34O8S2/c1-21-9-13-25(14-10-21)37(31,32)19-23(3)27(29)35-17-7-5-6-8-18-36-28(30)24(4)20-38(33,34)26-15-11-22(2)12-16-26/h9-16H,3-8,17-20H2,1-2H3. The molecule has 0 fully saturated rings. The summed E-state index contributed by atoms with van der Waals surface area (Å²) in [6.45, 7) is 11.0. The van der Waals surface area contributed by atoms with Gasteiger partial charge in [0.25, 0.3) is 0 Å². The zero-order valence-electron chi connectivity index (χ0n) is 21.8. The number of sulfone groups is 2. The van der Waals surface area contributed by atoms with Crippen molar-refractivity contribution in [3.8, 4) is 0 Å². The average Bonchev–Trinajstić information content (AvgIpc) is 2.85. The third kappa shape index (κ3) is 9.90. The van der Waals surface area contributed by atoms with Gasteiger partial charge in [-0.25, -0.2) is 26.4 Å². The summed E-state index contributed by atoms with van der Waals surface area (Å²) in [6, 6.07) is 12.7. The molecule has 10 heteroatoms. The Hall–Kier alpha value is -3.24. The molecule has 8 nitrogen and oxygen atoms in total. The molecule has 0 N–H and O–H groups in total. The molecule has 0 aliphatic heterocycles. The molecule has 0 atom stereocenters. The van der Waals surface area contributed by atoms with Crippen molar-refractivity contribution in [1.29, 1.82) is 0 Å². The topological polar surface area (TPSA) is 121 Å². The van der Waals surface area contributed by atoms with Crippen LogP contribution in [0.15, 0.2) is 82.6 Å². The Morgan fingerprint density at radius 3 is 1.24 bits per heavy atom. The summed E-state index contributed by atoms with van der Waals surface area (Å²) in [5.41, 5.74) is 1.58. The summed E-state index contributed by atoms with van der Waals surface area (Å²) < 4.78 is 59.9. The van der Waals surface area contributed by atoms with Crippen LogP contribution in [0.2, 0.25) is 0 Å². The van der Waals surface area contributed by atoms with Gasteiger partial charge in [-0.05, 0) is 63.8 Å². The van der Waals surface area contributed by atoms with E-state index in [0.717, 1.165) is 11.1 Å². The Kier molecular flexibility index (Phi) is 11.5. The van der Waals surface area contributed by atoms with Crippen molar-refractivity contribution in [3.63, 3.8) is 0 Å². The lowest BCUT2D eigenvalue weighted by Crippen LogP contribution is -2.17. The maximum Gasteiger partial charge on any atom is 0.334 e. The summed E-state index contributed by atoms with van der Waals surface area (Å²) in [4.78, 5) is 24.4. The van der Waals surface area contributed by atoms with Gasteiger partial charge in [-0.3, -0.25) is 0 Å². The van der Waals surface area contributed by atoms with Gasteiger partial charge in [0.05, 0.1) is 34.5 Å². The molecule has 0 saturated carbocycles. The maximum atomic E-state index is 12.4. The van der Waals surface area contributed by atoms with Crippen LogP contribution in [0, 0.1) is 13.8 Å². The molecule has 38 heavy (non-hydrogen) atoms. The van der Waals surface area contributed by atoms with Gasteiger partial charge >= 0.3 is 11.9 Å². The van der Waals surface area contributed by atoms with E-state index in [1.165, 1.54) is 24.3 Å². The first-order chi connectivity index (χ1) is 17.8. The summed E-state index contributed by atoms with van der Waals surface area (Å²) in [6.07, 6.45) is 2.45. The molecule has 0 spiro atoms. The Morgan fingerprint density at radius 2 is 0.921 bits per heavy atom. The van der Waals surface area contributed by atoms with Crippen LogP contribution in [0.3, 0.4) is 0 Å². The van der Waals surface area contributed by atoms with Gasteiger partial charge in [0.15, 0.2) is 19.7 Å². The van der Waals surface area contributed by atoms with Crippen molar-refractivity contribution in [2.75, 3.05) is 24.7 Å². The highest BCUT2D eigenvalue weighted by Crippen LogP contribution is 2.16. The highest BCUT2D eigenvalue weighted by Gasteiger charge is 2.21. The lowest BCUT2D eigenvalue weighted by Gasteiger charge is -2.09. The average molecular weight is 563 g/mol. The number of benzene rings is 2. The predicted molar refractivity (Wildman–Crippen MR) is 145 cm³/mol. The fourth-order valence-electron chi connectivity index (χ4n) is 3.33. The number of aryl methyl sites for hydroxylation is 2. The molecule has 0 heterocycles. The van der Waals surface area contributed by atoms with Crippen LogP contribution in [-0.4, -0.2) is 53.5 Å². The van der Waals surface area contributed by atoms with Gasteiger partial charge in [-0.1, -0.05) is 48.6 Å². The third-order valence-corrected chi connectivity index (χ3v) is 9.01. The molecule has 206 valence electrons. The minimum absolute atomic E-state index is 0.107. The SMILES string of the molecule is C=C(CS(=O)(=O)c1ccc(C)cc1)C(=O)OCCCCCCOC(=O)C(=C)CS(=O)(=O)c1ccc(C)cc1. The summed E-state index contributed by atoms with van der Waals surface area (Å²) in [5, 5.41) is 0. The Balaban J connectivity index is 1.61. The second-order valence-electron chi connectivity index (χ2n) is 9.04. The van der Waals surface area contributed by atoms with Gasteiger partial charge < -0.3 is 9.47 Å². The molecule has 2 rings (SSSR count). The van der Waals surface area contributed by atoms with Gasteiger partial charge in [0.2, 0.25) is 0 Å². The van der Waals surface area contributed by atoms with Gasteiger partial charge in [0.1, 0.15) is 0 Å². The molecule has 0 amide bonds. The summed E-state index contributed by atoms with van der Waals surface area (Å²) in [7, 11) is -7.38. The molecule has 0 saturated heterocycles. The lowest BCUT2D eigenvalue weighted by atomic mass is 10.2. The van der Waals surface area contributed by atoms with Crippen molar-refractivity contribution >= 4 is 31.6 Å². The molecular weight excluding hydrogens is 528 g/mol. The Labute approximate surface area is 225 Å². The van der Waals surface area contributed by atoms with Crippen LogP contribution in [0.5, 0.6) is 0 Å². The summed E-state index contributed by atoms with van der Waals surface area (Å²) in [5.74, 6) is -2.54. The highest BCUT2D eigenvalue weighted by atomic mass is 32.2. The first-order valence-corrected chi connectivity index (χ1v) is 15.4. The zero-order valence-corrected chi connectivity index (χ0v) is 23.4. The number of hydrogen-bond donors (Lipinski definition) is 0. The van der Waals surface area contributed by atoms with E-state index in [9.17, 15) is 26.4 Å². The van der Waals surface area contributed by atoms with Crippen LogP contribution >= 0.6 is 0 Å². The van der Waals surface area contributed by atoms with E-state index in [1.807, 2.05) is 13.8 Å². The largest absolute Gasteiger partial charge is 0.462 e. The molecule has 0 aliphatic carbocycles. The van der Waals surface area contributed by atoms with E-state index >= 15 is 0 Å². The van der Waals surface area contributed by atoms with Crippen LogP contribution in [0.4, 0.5) is 0 Å².